The molecule has 1 atom stereocenters. The molecule has 0 aromatic heterocycles. The highest BCUT2D eigenvalue weighted by Gasteiger charge is 2.26. The molecule has 1 saturated heterocycles. The molecule has 0 aliphatic carbocycles. The number of nitrogen functional groups attached to an aromatic ring is 1. The monoisotopic (exact) mass is 253 g/mol. The molecule has 1 aliphatic heterocycles. The van der Waals surface area contributed by atoms with Crippen molar-refractivity contribution in [3.63, 3.8) is 0 Å². The summed E-state index contributed by atoms with van der Waals surface area (Å²) >= 11 is 5.92. The molecule has 1 unspecified atom stereocenters. The fourth-order valence-electron chi connectivity index (χ4n) is 2.32. The van der Waals surface area contributed by atoms with Crippen molar-refractivity contribution in [2.75, 3.05) is 18.1 Å². The standard InChI is InChI=1S/C12H16ClN3O/c13-8-3-4-11(10(6-8)12(14)15)16-5-1-2-9(16)7-17/h3-4,6,9,17H,1-2,5,7H2,(H3,14,15). The third kappa shape index (κ3) is 2.37. The van der Waals surface area contributed by atoms with Gasteiger partial charge in [-0.25, -0.2) is 0 Å². The van der Waals surface area contributed by atoms with Crippen molar-refractivity contribution in [2.45, 2.75) is 18.9 Å². The van der Waals surface area contributed by atoms with E-state index in [1.807, 2.05) is 6.07 Å². The van der Waals surface area contributed by atoms with E-state index in [-0.39, 0.29) is 18.5 Å². The van der Waals surface area contributed by atoms with E-state index in [2.05, 4.69) is 4.90 Å². The second-order valence-electron chi connectivity index (χ2n) is 4.25. The molecule has 0 saturated carbocycles. The second kappa shape index (κ2) is 4.94. The molecule has 1 fully saturated rings. The number of rotatable bonds is 3. The van der Waals surface area contributed by atoms with Crippen LogP contribution in [-0.4, -0.2) is 30.1 Å². The minimum Gasteiger partial charge on any atom is -0.394 e. The van der Waals surface area contributed by atoms with Crippen molar-refractivity contribution in [2.24, 2.45) is 5.73 Å². The average Bonchev–Trinajstić information content (AvgIpc) is 2.76. The van der Waals surface area contributed by atoms with Gasteiger partial charge in [0.05, 0.1) is 12.6 Å². The van der Waals surface area contributed by atoms with Gasteiger partial charge in [0, 0.05) is 22.8 Å². The van der Waals surface area contributed by atoms with E-state index < -0.39 is 0 Å². The number of amidine groups is 1. The summed E-state index contributed by atoms with van der Waals surface area (Å²) in [4.78, 5) is 2.10. The van der Waals surface area contributed by atoms with Crippen LogP contribution in [0.3, 0.4) is 0 Å². The van der Waals surface area contributed by atoms with E-state index in [0.29, 0.717) is 10.6 Å². The van der Waals surface area contributed by atoms with Crippen molar-refractivity contribution >= 4 is 23.1 Å². The first kappa shape index (κ1) is 12.2. The summed E-state index contributed by atoms with van der Waals surface area (Å²) in [5.41, 5.74) is 7.10. The molecule has 1 aromatic rings. The molecule has 1 aromatic carbocycles. The molecule has 0 radical (unpaired) electrons. The Morgan fingerprint density at radius 3 is 3.00 bits per heavy atom. The minimum atomic E-state index is 0.00564. The highest BCUT2D eigenvalue weighted by atomic mass is 35.5. The molecule has 1 aliphatic rings. The van der Waals surface area contributed by atoms with E-state index >= 15 is 0 Å². The molecule has 17 heavy (non-hydrogen) atoms. The van der Waals surface area contributed by atoms with E-state index in [1.54, 1.807) is 12.1 Å². The summed E-state index contributed by atoms with van der Waals surface area (Å²) in [5.74, 6) is 0.00564. The van der Waals surface area contributed by atoms with Gasteiger partial charge in [0.25, 0.3) is 0 Å². The third-order valence-electron chi connectivity index (χ3n) is 3.15. The third-order valence-corrected chi connectivity index (χ3v) is 3.38. The molecule has 4 nitrogen and oxygen atoms in total. The van der Waals surface area contributed by atoms with Gasteiger partial charge in [0.15, 0.2) is 0 Å². The van der Waals surface area contributed by atoms with Gasteiger partial charge in [0.1, 0.15) is 5.84 Å². The van der Waals surface area contributed by atoms with Crippen LogP contribution in [0.1, 0.15) is 18.4 Å². The predicted octanol–water partition coefficient (Wildman–Crippen LogP) is 1.59. The maximum atomic E-state index is 9.33. The fraction of sp³-hybridized carbons (Fsp3) is 0.417. The predicted molar refractivity (Wildman–Crippen MR) is 69.9 cm³/mol. The minimum absolute atomic E-state index is 0.00564. The first-order valence-corrected chi connectivity index (χ1v) is 6.02. The Bertz CT molecular complexity index is 436. The van der Waals surface area contributed by atoms with Crippen molar-refractivity contribution in [3.8, 4) is 0 Å². The van der Waals surface area contributed by atoms with Gasteiger partial charge in [-0.2, -0.15) is 0 Å². The zero-order valence-electron chi connectivity index (χ0n) is 9.49. The molecule has 1 heterocycles. The molecule has 5 heteroatoms. The van der Waals surface area contributed by atoms with Crippen LogP contribution >= 0.6 is 11.6 Å². The maximum Gasteiger partial charge on any atom is 0.124 e. The van der Waals surface area contributed by atoms with E-state index in [4.69, 9.17) is 22.7 Å². The summed E-state index contributed by atoms with van der Waals surface area (Å²) in [6.45, 7) is 1.01. The maximum absolute atomic E-state index is 9.33. The number of aliphatic hydroxyl groups is 1. The van der Waals surface area contributed by atoms with Crippen LogP contribution in [-0.2, 0) is 0 Å². The van der Waals surface area contributed by atoms with Crippen LogP contribution in [0, 0.1) is 5.41 Å². The Morgan fingerprint density at radius 2 is 2.35 bits per heavy atom. The van der Waals surface area contributed by atoms with Crippen LogP contribution in [0.4, 0.5) is 5.69 Å². The van der Waals surface area contributed by atoms with E-state index in [0.717, 1.165) is 25.1 Å². The summed E-state index contributed by atoms with van der Waals surface area (Å²) in [5, 5.41) is 17.5. The van der Waals surface area contributed by atoms with Crippen LogP contribution < -0.4 is 10.6 Å². The first-order chi connectivity index (χ1) is 8.13. The van der Waals surface area contributed by atoms with Gasteiger partial charge in [-0.3, -0.25) is 5.41 Å². The zero-order chi connectivity index (χ0) is 12.4. The Morgan fingerprint density at radius 1 is 1.59 bits per heavy atom. The van der Waals surface area contributed by atoms with Gasteiger partial charge in [-0.05, 0) is 31.0 Å². The second-order valence-corrected chi connectivity index (χ2v) is 4.68. The highest BCUT2D eigenvalue weighted by molar-refractivity contribution is 6.31. The Balaban J connectivity index is 2.40. The summed E-state index contributed by atoms with van der Waals surface area (Å²) in [6, 6.07) is 5.48. The van der Waals surface area contributed by atoms with Crippen LogP contribution in [0.5, 0.6) is 0 Å². The first-order valence-electron chi connectivity index (χ1n) is 5.65. The van der Waals surface area contributed by atoms with E-state index in [9.17, 15) is 5.11 Å². The van der Waals surface area contributed by atoms with Crippen molar-refractivity contribution in [3.05, 3.63) is 28.8 Å². The number of anilines is 1. The van der Waals surface area contributed by atoms with Crippen LogP contribution in [0.2, 0.25) is 5.02 Å². The van der Waals surface area contributed by atoms with Gasteiger partial charge < -0.3 is 15.7 Å². The molecule has 0 spiro atoms. The van der Waals surface area contributed by atoms with Crippen molar-refractivity contribution in [1.82, 2.24) is 0 Å². The highest BCUT2D eigenvalue weighted by Crippen LogP contribution is 2.30. The van der Waals surface area contributed by atoms with Gasteiger partial charge in [-0.15, -0.1) is 0 Å². The number of nitrogens with zero attached hydrogens (tertiary/aromatic N) is 1. The normalized spacial score (nSPS) is 19.6. The molecule has 0 bridgehead atoms. The molecular formula is C12H16ClN3O. The molecule has 2 rings (SSSR count). The van der Waals surface area contributed by atoms with Gasteiger partial charge in [-0.1, -0.05) is 11.6 Å². The summed E-state index contributed by atoms with van der Waals surface area (Å²) in [6.07, 6.45) is 2.02. The Kier molecular flexibility index (Phi) is 3.54. The molecule has 0 amide bonds. The number of nitrogens with one attached hydrogen (secondary N) is 1. The number of benzene rings is 1. The molecule has 4 N–H and O–H groups in total. The number of aliphatic hydroxyl groups excluding tert-OH is 1. The Hall–Kier alpha value is -1.26. The SMILES string of the molecule is N=C(N)c1cc(Cl)ccc1N1CCCC1CO. The average molecular weight is 254 g/mol. The number of halogens is 1. The summed E-state index contributed by atoms with van der Waals surface area (Å²) in [7, 11) is 0. The Labute approximate surface area is 105 Å². The molecule has 92 valence electrons. The quantitative estimate of drug-likeness (QED) is 0.566. The smallest absolute Gasteiger partial charge is 0.124 e. The lowest BCUT2D eigenvalue weighted by Gasteiger charge is -2.27. The van der Waals surface area contributed by atoms with Crippen LogP contribution in [0.25, 0.3) is 0 Å². The summed E-state index contributed by atoms with van der Waals surface area (Å²) < 4.78 is 0. The van der Waals surface area contributed by atoms with Crippen molar-refractivity contribution in [1.29, 1.82) is 5.41 Å². The lowest BCUT2D eigenvalue weighted by atomic mass is 10.1. The zero-order valence-corrected chi connectivity index (χ0v) is 10.2. The largest absolute Gasteiger partial charge is 0.394 e. The molecular weight excluding hydrogens is 238 g/mol. The van der Waals surface area contributed by atoms with Crippen molar-refractivity contribution < 1.29 is 5.11 Å². The van der Waals surface area contributed by atoms with Crippen LogP contribution in [0.15, 0.2) is 18.2 Å². The topological polar surface area (TPSA) is 73.3 Å². The lowest BCUT2D eigenvalue weighted by Crippen LogP contribution is -2.33. The number of hydrogen-bond acceptors (Lipinski definition) is 3. The van der Waals surface area contributed by atoms with Gasteiger partial charge in [0.2, 0.25) is 0 Å². The number of hydrogen-bond donors (Lipinski definition) is 3. The number of nitrogens with two attached hydrogens (primary N) is 1. The lowest BCUT2D eigenvalue weighted by molar-refractivity contribution is 0.266. The van der Waals surface area contributed by atoms with E-state index in [1.165, 1.54) is 0 Å². The van der Waals surface area contributed by atoms with Gasteiger partial charge >= 0.3 is 0 Å². The fourth-order valence-corrected chi connectivity index (χ4v) is 2.49.